The predicted molar refractivity (Wildman–Crippen MR) is 294 cm³/mol. The van der Waals surface area contributed by atoms with Crippen LogP contribution in [0.15, 0.2) is 251 Å². The van der Waals surface area contributed by atoms with Gasteiger partial charge in [-0.25, -0.2) is 0 Å². The first kappa shape index (κ1) is 39.8. The fraction of sp³-hybridized carbons (Fsp3) is 0.0448. The number of anilines is 6. The molecule has 2 heterocycles. The summed E-state index contributed by atoms with van der Waals surface area (Å²) in [5, 5.41) is 6.96. The highest BCUT2D eigenvalue weighted by Gasteiger charge is 2.51. The van der Waals surface area contributed by atoms with Gasteiger partial charge >= 0.3 is 0 Å². The number of rotatable bonds is 8. The van der Waals surface area contributed by atoms with Crippen molar-refractivity contribution in [3.05, 3.63) is 254 Å². The Balaban J connectivity index is 0.956. The molecule has 0 amide bonds. The molecule has 2 aliphatic carbocycles. The van der Waals surface area contributed by atoms with Crippen LogP contribution < -0.4 is 9.80 Å². The van der Waals surface area contributed by atoms with E-state index < -0.39 is 0 Å². The number of nitrogens with zero attached hydrogens (tertiary/aromatic N) is 2. The van der Waals surface area contributed by atoms with Gasteiger partial charge < -0.3 is 18.6 Å². The SMILES string of the molecule is c1ccc(-c2ccccc2N(c2ccc3c(c2)C2(CC2)c2cccc4c(N(c5ccccc5-c5ccccc5)c5cccc6c5oc5ccccc56)ccc-3c24)c2cccc3c2oc2ccccc23)cc1. The molecule has 1 saturated carbocycles. The Kier molecular flexibility index (Phi) is 8.67. The first-order valence-corrected chi connectivity index (χ1v) is 24.6. The molecule has 2 aromatic heterocycles. The number of hydrogen-bond donors (Lipinski definition) is 0. The van der Waals surface area contributed by atoms with Gasteiger partial charge in [-0.1, -0.05) is 188 Å². The van der Waals surface area contributed by atoms with Gasteiger partial charge in [-0.2, -0.15) is 0 Å². The molecule has 71 heavy (non-hydrogen) atoms. The minimum absolute atomic E-state index is 0.141. The van der Waals surface area contributed by atoms with E-state index in [4.69, 9.17) is 8.83 Å². The number of fused-ring (bicyclic) bond motifs is 10. The van der Waals surface area contributed by atoms with E-state index in [1.165, 1.54) is 33.0 Å². The van der Waals surface area contributed by atoms with E-state index >= 15 is 0 Å². The monoisotopic (exact) mass is 908 g/mol. The lowest BCUT2D eigenvalue weighted by Gasteiger charge is -2.34. The highest BCUT2D eigenvalue weighted by Crippen LogP contribution is 2.63. The third-order valence-electron chi connectivity index (χ3n) is 15.3. The third kappa shape index (κ3) is 5.98. The molecule has 0 bridgehead atoms. The van der Waals surface area contributed by atoms with Gasteiger partial charge in [0, 0.05) is 49.2 Å². The summed E-state index contributed by atoms with van der Waals surface area (Å²) in [7, 11) is 0. The van der Waals surface area contributed by atoms with Crippen LogP contribution in [0, 0.1) is 0 Å². The lowest BCUT2D eigenvalue weighted by molar-refractivity contribution is 0.668. The molecule has 0 aliphatic heterocycles. The van der Waals surface area contributed by atoms with Crippen LogP contribution in [-0.4, -0.2) is 0 Å². The van der Waals surface area contributed by atoms with Crippen molar-refractivity contribution in [2.24, 2.45) is 0 Å². The van der Waals surface area contributed by atoms with Crippen LogP contribution in [0.5, 0.6) is 0 Å². The van der Waals surface area contributed by atoms with Crippen molar-refractivity contribution in [1.82, 2.24) is 0 Å². The van der Waals surface area contributed by atoms with E-state index in [1.807, 2.05) is 0 Å². The predicted octanol–water partition coefficient (Wildman–Crippen LogP) is 19.0. The summed E-state index contributed by atoms with van der Waals surface area (Å²) in [5.74, 6) is 0. The van der Waals surface area contributed by atoms with Crippen LogP contribution in [0.1, 0.15) is 24.0 Å². The van der Waals surface area contributed by atoms with E-state index in [0.717, 1.165) is 113 Å². The zero-order valence-corrected chi connectivity index (χ0v) is 38.7. The summed E-state index contributed by atoms with van der Waals surface area (Å²) in [6.45, 7) is 0. The number of benzene rings is 11. The molecule has 2 aliphatic rings. The minimum Gasteiger partial charge on any atom is -0.454 e. The molecule has 4 nitrogen and oxygen atoms in total. The molecule has 0 unspecified atom stereocenters. The molecule has 0 N–H and O–H groups in total. The lowest BCUT2D eigenvalue weighted by Crippen LogP contribution is -2.19. The summed E-state index contributed by atoms with van der Waals surface area (Å²) >= 11 is 0. The van der Waals surface area contributed by atoms with Crippen molar-refractivity contribution in [2.75, 3.05) is 9.80 Å². The van der Waals surface area contributed by atoms with Gasteiger partial charge in [0.2, 0.25) is 0 Å². The van der Waals surface area contributed by atoms with E-state index in [2.05, 4.69) is 252 Å². The average Bonchev–Trinajstić information content (AvgIpc) is 4.01. The number of para-hydroxylation sites is 6. The van der Waals surface area contributed by atoms with Crippen LogP contribution in [-0.2, 0) is 5.41 Å². The molecule has 15 rings (SSSR count). The van der Waals surface area contributed by atoms with Crippen molar-refractivity contribution in [3.63, 3.8) is 0 Å². The molecule has 334 valence electrons. The first-order valence-electron chi connectivity index (χ1n) is 24.6. The van der Waals surface area contributed by atoms with Crippen LogP contribution in [0.2, 0.25) is 0 Å². The van der Waals surface area contributed by atoms with Crippen molar-refractivity contribution in [1.29, 1.82) is 0 Å². The quantitative estimate of drug-likeness (QED) is 0.152. The number of furan rings is 2. The second kappa shape index (κ2) is 15.4. The fourth-order valence-electron chi connectivity index (χ4n) is 12.0. The van der Waals surface area contributed by atoms with E-state index in [-0.39, 0.29) is 5.41 Å². The topological polar surface area (TPSA) is 32.8 Å². The zero-order valence-electron chi connectivity index (χ0n) is 38.7. The Morgan fingerprint density at radius 1 is 0.310 bits per heavy atom. The second-order valence-corrected chi connectivity index (χ2v) is 19.1. The molecular formula is C67H44N2O2. The van der Waals surface area contributed by atoms with Gasteiger partial charge in [0.25, 0.3) is 0 Å². The van der Waals surface area contributed by atoms with E-state index in [1.54, 1.807) is 0 Å². The molecule has 11 aromatic carbocycles. The molecule has 13 aromatic rings. The molecule has 0 saturated heterocycles. The zero-order chi connectivity index (χ0) is 46.6. The molecule has 1 spiro atoms. The Morgan fingerprint density at radius 3 is 1.41 bits per heavy atom. The van der Waals surface area contributed by atoms with Crippen molar-refractivity contribution in [2.45, 2.75) is 18.3 Å². The van der Waals surface area contributed by atoms with Crippen LogP contribution in [0.4, 0.5) is 34.1 Å². The fourth-order valence-corrected chi connectivity index (χ4v) is 12.0. The van der Waals surface area contributed by atoms with Gasteiger partial charge in [-0.3, -0.25) is 0 Å². The number of hydrogen-bond acceptors (Lipinski definition) is 4. The van der Waals surface area contributed by atoms with Crippen LogP contribution >= 0.6 is 0 Å². The van der Waals surface area contributed by atoms with Crippen LogP contribution in [0.25, 0.3) is 88.0 Å². The van der Waals surface area contributed by atoms with E-state index in [9.17, 15) is 0 Å². The lowest BCUT2D eigenvalue weighted by atomic mass is 9.74. The Bertz CT molecular complexity index is 4260. The highest BCUT2D eigenvalue weighted by molar-refractivity contribution is 6.16. The van der Waals surface area contributed by atoms with Crippen molar-refractivity contribution < 1.29 is 8.83 Å². The largest absolute Gasteiger partial charge is 0.454 e. The van der Waals surface area contributed by atoms with Gasteiger partial charge in [0.05, 0.1) is 28.4 Å². The van der Waals surface area contributed by atoms with Crippen LogP contribution in [0.3, 0.4) is 0 Å². The maximum absolute atomic E-state index is 6.85. The maximum atomic E-state index is 6.85. The smallest absolute Gasteiger partial charge is 0.159 e. The molecule has 0 radical (unpaired) electrons. The molecule has 0 atom stereocenters. The average molecular weight is 909 g/mol. The van der Waals surface area contributed by atoms with Gasteiger partial charge in [-0.15, -0.1) is 0 Å². The Labute approximate surface area is 410 Å². The van der Waals surface area contributed by atoms with Crippen molar-refractivity contribution in [3.8, 4) is 33.4 Å². The van der Waals surface area contributed by atoms with Crippen molar-refractivity contribution >= 4 is 88.8 Å². The normalized spacial score (nSPS) is 13.4. The summed E-state index contributed by atoms with van der Waals surface area (Å²) in [5.41, 5.74) is 19.7. The standard InChI is InChI=1S/C67H44N2O2/c1-3-18-43(19-4-1)46-22-7-11-30-57(46)68(60-32-16-26-52-49-24-9-13-34-62(49)70-65(52)60)45-36-37-48-51-38-39-59(54-28-15-29-55(64(51)54)67(40-41-67)56(48)42-45)69(58-31-12-8-23-47(58)44-20-5-2-6-21-44)61-33-17-27-53-50-25-10-14-35-63(50)71-66(53)61/h1-39,42H,40-41H2. The third-order valence-corrected chi connectivity index (χ3v) is 15.3. The van der Waals surface area contributed by atoms with Gasteiger partial charge in [0.1, 0.15) is 11.2 Å². The Morgan fingerprint density at radius 2 is 0.789 bits per heavy atom. The summed E-state index contributed by atoms with van der Waals surface area (Å²) < 4.78 is 13.7. The molecular weight excluding hydrogens is 865 g/mol. The van der Waals surface area contributed by atoms with Gasteiger partial charge in [0.15, 0.2) is 11.2 Å². The molecule has 1 fully saturated rings. The summed E-state index contributed by atoms with van der Waals surface area (Å²) in [6, 6.07) is 87.9. The first-order chi connectivity index (χ1) is 35.2. The van der Waals surface area contributed by atoms with E-state index in [0.29, 0.717) is 0 Å². The van der Waals surface area contributed by atoms with Gasteiger partial charge in [-0.05, 0) is 106 Å². The Hall–Kier alpha value is -9.12. The summed E-state index contributed by atoms with van der Waals surface area (Å²) in [4.78, 5) is 4.89. The second-order valence-electron chi connectivity index (χ2n) is 19.1. The highest BCUT2D eigenvalue weighted by atomic mass is 16.3. The summed E-state index contributed by atoms with van der Waals surface area (Å²) in [6.07, 6.45) is 2.15. The maximum Gasteiger partial charge on any atom is 0.159 e. The molecule has 4 heteroatoms. The minimum atomic E-state index is -0.141.